The van der Waals surface area contributed by atoms with Crippen molar-refractivity contribution in [2.75, 3.05) is 0 Å². The first-order valence-electron chi connectivity index (χ1n) is 19.9. The molecule has 0 nitrogen and oxygen atoms in total. The van der Waals surface area contributed by atoms with Gasteiger partial charge in [0, 0.05) is 0 Å². The lowest BCUT2D eigenvalue weighted by atomic mass is 10.1. The van der Waals surface area contributed by atoms with Gasteiger partial charge in [-0.1, -0.05) is 237 Å². The van der Waals surface area contributed by atoms with Gasteiger partial charge in [-0.15, -0.1) is 6.58 Å². The van der Waals surface area contributed by atoms with E-state index in [0.29, 0.717) is 0 Å². The fourth-order valence-electron chi connectivity index (χ4n) is 7.15. The van der Waals surface area contributed by atoms with Crippen LogP contribution in [0.5, 0.6) is 0 Å². The second-order valence-electron chi connectivity index (χ2n) is 14.1. The fourth-order valence-corrected chi connectivity index (χ4v) is 12.6. The van der Waals surface area contributed by atoms with Gasteiger partial charge >= 0.3 is 0 Å². The molecule has 0 unspecified atom stereocenters. The lowest BCUT2D eigenvalue weighted by Crippen LogP contribution is -2.34. The van der Waals surface area contributed by atoms with Crippen LogP contribution in [0.1, 0.15) is 220 Å². The zero-order valence-electron chi connectivity index (χ0n) is 29.5. The zero-order chi connectivity index (χ0) is 30.0. The van der Waals surface area contributed by atoms with Crippen LogP contribution in [-0.4, -0.2) is 8.07 Å². The van der Waals surface area contributed by atoms with Gasteiger partial charge in [-0.3, -0.25) is 0 Å². The second kappa shape index (κ2) is 34.4. The zero-order valence-corrected chi connectivity index (χ0v) is 30.5. The molecule has 0 aromatic rings. The standard InChI is InChI=1S/C40H82Si/c1-5-9-13-17-21-25-29-33-37-41(38-34-30-26-22-18-14-10-6-2,39-35-31-27-23-19-15-11-7-3)40-36-32-28-24-20-16-12-8-4/h5H,1,6-40H2,2-4H3. The van der Waals surface area contributed by atoms with Gasteiger partial charge in [-0.2, -0.15) is 0 Å². The molecular formula is C40H82Si. The summed E-state index contributed by atoms with van der Waals surface area (Å²) < 4.78 is 0. The first-order valence-corrected chi connectivity index (χ1v) is 22.7. The Balaban J connectivity index is 4.83. The largest absolute Gasteiger partial charge is 0.103 e. The van der Waals surface area contributed by atoms with Crippen molar-refractivity contribution in [3.05, 3.63) is 12.7 Å². The summed E-state index contributed by atoms with van der Waals surface area (Å²) in [4.78, 5) is 0. The van der Waals surface area contributed by atoms with E-state index in [4.69, 9.17) is 0 Å². The maximum Gasteiger partial charge on any atom is 0.0535 e. The van der Waals surface area contributed by atoms with Crippen molar-refractivity contribution in [2.24, 2.45) is 0 Å². The van der Waals surface area contributed by atoms with Gasteiger partial charge < -0.3 is 0 Å². The van der Waals surface area contributed by atoms with Crippen molar-refractivity contribution < 1.29 is 0 Å². The highest BCUT2D eigenvalue weighted by atomic mass is 28.3. The highest BCUT2D eigenvalue weighted by molar-refractivity contribution is 6.79. The minimum Gasteiger partial charge on any atom is -0.103 e. The van der Waals surface area contributed by atoms with E-state index in [9.17, 15) is 0 Å². The fraction of sp³-hybridized carbons (Fsp3) is 0.950. The maximum absolute atomic E-state index is 3.90. The summed E-state index contributed by atoms with van der Waals surface area (Å²) in [6.07, 6.45) is 47.7. The summed E-state index contributed by atoms with van der Waals surface area (Å²) in [7, 11) is -1.13. The molecule has 0 aromatic heterocycles. The smallest absolute Gasteiger partial charge is 0.0535 e. The third-order valence-corrected chi connectivity index (χ3v) is 15.7. The Bertz CT molecular complexity index is 433. The molecular weight excluding hydrogens is 509 g/mol. The Labute approximate surface area is 264 Å². The molecule has 0 aliphatic rings. The molecule has 1 heteroatoms. The molecule has 0 saturated carbocycles. The van der Waals surface area contributed by atoms with Gasteiger partial charge in [0.05, 0.1) is 8.07 Å². The van der Waals surface area contributed by atoms with Crippen LogP contribution in [0.4, 0.5) is 0 Å². The topological polar surface area (TPSA) is 0 Å². The van der Waals surface area contributed by atoms with Crippen molar-refractivity contribution in [1.82, 2.24) is 0 Å². The molecule has 0 spiro atoms. The van der Waals surface area contributed by atoms with Crippen molar-refractivity contribution >= 4 is 8.07 Å². The summed E-state index contributed by atoms with van der Waals surface area (Å²) in [6, 6.07) is 6.69. The summed E-state index contributed by atoms with van der Waals surface area (Å²) in [5, 5.41) is 0. The van der Waals surface area contributed by atoms with Gasteiger partial charge in [0.15, 0.2) is 0 Å². The van der Waals surface area contributed by atoms with Crippen LogP contribution < -0.4 is 0 Å². The predicted octanol–water partition coefficient (Wildman–Crippen LogP) is 15.8. The summed E-state index contributed by atoms with van der Waals surface area (Å²) in [5.74, 6) is 0. The molecule has 0 N–H and O–H groups in total. The van der Waals surface area contributed by atoms with E-state index in [2.05, 4.69) is 33.4 Å². The molecule has 0 heterocycles. The van der Waals surface area contributed by atoms with Crippen LogP contribution in [0.3, 0.4) is 0 Å². The van der Waals surface area contributed by atoms with Gasteiger partial charge in [-0.05, 0) is 12.8 Å². The first kappa shape index (κ1) is 41.0. The van der Waals surface area contributed by atoms with Crippen LogP contribution in [0.15, 0.2) is 12.7 Å². The number of hydrogen-bond acceptors (Lipinski definition) is 0. The number of unbranched alkanes of at least 4 members (excludes halogenated alkanes) is 27. The van der Waals surface area contributed by atoms with Crippen molar-refractivity contribution in [1.29, 1.82) is 0 Å². The maximum atomic E-state index is 3.90. The number of hydrogen-bond donors (Lipinski definition) is 0. The minimum absolute atomic E-state index is 1.13. The minimum atomic E-state index is -1.13. The molecule has 0 atom stereocenters. The molecule has 0 bridgehead atoms. The Morgan fingerprint density at radius 2 is 0.537 bits per heavy atom. The molecule has 0 aromatic carbocycles. The van der Waals surface area contributed by atoms with Gasteiger partial charge in [-0.25, -0.2) is 0 Å². The SMILES string of the molecule is C=CCCCCCCCC[Si](CCCCCCCCCC)(CCCCCCCCCC)CCCCCCCCCC. The monoisotopic (exact) mass is 591 g/mol. The number of allylic oxidation sites excluding steroid dienone is 1. The lowest BCUT2D eigenvalue weighted by Gasteiger charge is -2.33. The quantitative estimate of drug-likeness (QED) is 0.0387. The van der Waals surface area contributed by atoms with E-state index < -0.39 is 8.07 Å². The van der Waals surface area contributed by atoms with E-state index >= 15 is 0 Å². The van der Waals surface area contributed by atoms with Gasteiger partial charge in [0.2, 0.25) is 0 Å². The van der Waals surface area contributed by atoms with E-state index in [1.165, 1.54) is 173 Å². The van der Waals surface area contributed by atoms with Crippen LogP contribution >= 0.6 is 0 Å². The summed E-state index contributed by atoms with van der Waals surface area (Å²) in [6.45, 7) is 10.9. The third kappa shape index (κ3) is 29.8. The Hall–Kier alpha value is -0.0431. The van der Waals surface area contributed by atoms with E-state index in [-0.39, 0.29) is 0 Å². The third-order valence-electron chi connectivity index (χ3n) is 10.0. The average Bonchev–Trinajstić information content (AvgIpc) is 2.98. The Morgan fingerprint density at radius 3 is 0.780 bits per heavy atom. The molecule has 0 aliphatic carbocycles. The Morgan fingerprint density at radius 1 is 0.317 bits per heavy atom. The first-order chi connectivity index (χ1) is 20.2. The van der Waals surface area contributed by atoms with Crippen molar-refractivity contribution in [3.8, 4) is 0 Å². The molecule has 0 amide bonds. The van der Waals surface area contributed by atoms with E-state index in [1.807, 2.05) is 0 Å². The summed E-state index contributed by atoms with van der Waals surface area (Å²) >= 11 is 0. The van der Waals surface area contributed by atoms with Crippen molar-refractivity contribution in [2.45, 2.75) is 244 Å². The molecule has 0 aliphatic heterocycles. The predicted molar refractivity (Wildman–Crippen MR) is 195 cm³/mol. The molecule has 0 saturated heterocycles. The van der Waals surface area contributed by atoms with Crippen LogP contribution in [0, 0.1) is 0 Å². The normalized spacial score (nSPS) is 11.9. The molecule has 41 heavy (non-hydrogen) atoms. The second-order valence-corrected chi connectivity index (χ2v) is 19.1. The molecule has 0 radical (unpaired) electrons. The molecule has 0 fully saturated rings. The van der Waals surface area contributed by atoms with Gasteiger partial charge in [0.25, 0.3) is 0 Å². The lowest BCUT2D eigenvalue weighted by molar-refractivity contribution is 0.571. The van der Waals surface area contributed by atoms with Crippen molar-refractivity contribution in [3.63, 3.8) is 0 Å². The van der Waals surface area contributed by atoms with Crippen LogP contribution in [-0.2, 0) is 0 Å². The average molecular weight is 591 g/mol. The summed E-state index contributed by atoms with van der Waals surface area (Å²) in [5.41, 5.74) is 0. The highest BCUT2D eigenvalue weighted by Gasteiger charge is 2.30. The Kier molecular flexibility index (Phi) is 34.4. The van der Waals surface area contributed by atoms with Crippen LogP contribution in [0.25, 0.3) is 0 Å². The number of rotatable bonds is 36. The van der Waals surface area contributed by atoms with Crippen LogP contribution in [0.2, 0.25) is 24.2 Å². The van der Waals surface area contributed by atoms with E-state index in [0.717, 1.165) is 0 Å². The van der Waals surface area contributed by atoms with Gasteiger partial charge in [0.1, 0.15) is 0 Å². The molecule has 0 rings (SSSR count). The highest BCUT2D eigenvalue weighted by Crippen LogP contribution is 2.35. The van der Waals surface area contributed by atoms with E-state index in [1.54, 1.807) is 49.9 Å². The molecule has 246 valence electrons.